The summed E-state index contributed by atoms with van der Waals surface area (Å²) in [6.45, 7) is 1.97. The fourth-order valence-electron chi connectivity index (χ4n) is 1.85. The first kappa shape index (κ1) is 14.8. The molecule has 0 aliphatic carbocycles. The van der Waals surface area contributed by atoms with Crippen LogP contribution < -0.4 is 10.1 Å². The van der Waals surface area contributed by atoms with Gasteiger partial charge in [-0.1, -0.05) is 6.07 Å². The van der Waals surface area contributed by atoms with E-state index in [0.29, 0.717) is 11.3 Å². The van der Waals surface area contributed by atoms with Gasteiger partial charge in [-0.25, -0.2) is 4.39 Å². The lowest BCUT2D eigenvalue weighted by Gasteiger charge is -2.08. The van der Waals surface area contributed by atoms with E-state index in [1.54, 1.807) is 13.3 Å². The van der Waals surface area contributed by atoms with Crippen molar-refractivity contribution in [1.29, 1.82) is 0 Å². The van der Waals surface area contributed by atoms with Crippen molar-refractivity contribution in [2.45, 2.75) is 6.92 Å². The van der Waals surface area contributed by atoms with Crippen molar-refractivity contribution in [3.8, 4) is 5.75 Å². The maximum absolute atomic E-state index is 12.8. The van der Waals surface area contributed by atoms with Crippen molar-refractivity contribution < 1.29 is 13.9 Å². The third-order valence-corrected chi connectivity index (χ3v) is 2.96. The number of halogens is 1. The van der Waals surface area contributed by atoms with Gasteiger partial charge in [-0.2, -0.15) is 0 Å². The molecular weight excluding hydrogens is 269 g/mol. The average Bonchev–Trinajstić information content (AvgIpc) is 2.48. The van der Waals surface area contributed by atoms with Crippen LogP contribution in [0.3, 0.4) is 0 Å². The van der Waals surface area contributed by atoms with E-state index in [0.717, 1.165) is 11.3 Å². The molecule has 0 heterocycles. The number of methoxy groups -OCH3 is 1. The Morgan fingerprint density at radius 3 is 2.57 bits per heavy atom. The molecule has 0 saturated carbocycles. The van der Waals surface area contributed by atoms with Gasteiger partial charge in [0.1, 0.15) is 11.6 Å². The molecule has 108 valence electrons. The molecule has 0 spiro atoms. The Morgan fingerprint density at radius 1 is 1.19 bits per heavy atom. The van der Waals surface area contributed by atoms with Crippen molar-refractivity contribution in [3.63, 3.8) is 0 Å². The first-order chi connectivity index (χ1) is 10.1. The number of ether oxygens (including phenoxy) is 1. The summed E-state index contributed by atoms with van der Waals surface area (Å²) in [4.78, 5) is 11.9. The van der Waals surface area contributed by atoms with Crippen LogP contribution in [0.15, 0.2) is 54.7 Å². The fourth-order valence-corrected chi connectivity index (χ4v) is 1.85. The molecule has 0 aromatic heterocycles. The second-order valence-corrected chi connectivity index (χ2v) is 4.55. The number of nitrogens with one attached hydrogen (secondary N) is 1. The molecule has 0 aliphatic heterocycles. The molecule has 0 radical (unpaired) electrons. The molecule has 2 aromatic carbocycles. The number of aryl methyl sites for hydroxylation is 1. The molecule has 21 heavy (non-hydrogen) atoms. The van der Waals surface area contributed by atoms with E-state index in [-0.39, 0.29) is 11.6 Å². The molecule has 0 amide bonds. The smallest absolute Gasteiger partial charge is 0.187 e. The summed E-state index contributed by atoms with van der Waals surface area (Å²) >= 11 is 0. The third kappa shape index (κ3) is 3.92. The summed E-state index contributed by atoms with van der Waals surface area (Å²) in [5, 5.41) is 3.02. The molecular formula is C17H16FNO2. The van der Waals surface area contributed by atoms with Gasteiger partial charge < -0.3 is 10.1 Å². The Labute approximate surface area is 123 Å². The molecule has 0 bridgehead atoms. The summed E-state index contributed by atoms with van der Waals surface area (Å²) in [6, 6.07) is 11.1. The van der Waals surface area contributed by atoms with Crippen LogP contribution >= 0.6 is 0 Å². The summed E-state index contributed by atoms with van der Waals surface area (Å²) < 4.78 is 18.0. The SMILES string of the molecule is COc1ccc(C)cc1N/C=C/C(=O)c1ccc(F)cc1. The highest BCUT2D eigenvalue weighted by molar-refractivity contribution is 6.04. The highest BCUT2D eigenvalue weighted by Crippen LogP contribution is 2.25. The zero-order valence-corrected chi connectivity index (χ0v) is 11.9. The van der Waals surface area contributed by atoms with Gasteiger partial charge in [-0.15, -0.1) is 0 Å². The Bertz CT molecular complexity index is 663. The number of rotatable bonds is 5. The molecule has 0 aliphatic rings. The second-order valence-electron chi connectivity index (χ2n) is 4.55. The Kier molecular flexibility index (Phi) is 4.72. The Morgan fingerprint density at radius 2 is 1.90 bits per heavy atom. The number of anilines is 1. The monoisotopic (exact) mass is 285 g/mol. The minimum atomic E-state index is -0.363. The average molecular weight is 285 g/mol. The lowest BCUT2D eigenvalue weighted by atomic mass is 10.1. The van der Waals surface area contributed by atoms with Crippen molar-refractivity contribution >= 4 is 11.5 Å². The van der Waals surface area contributed by atoms with E-state index in [4.69, 9.17) is 4.74 Å². The number of ketones is 1. The van der Waals surface area contributed by atoms with Gasteiger partial charge in [0, 0.05) is 17.8 Å². The van der Waals surface area contributed by atoms with Crippen LogP contribution in [-0.2, 0) is 0 Å². The highest BCUT2D eigenvalue weighted by atomic mass is 19.1. The number of carbonyl (C=O) groups is 1. The van der Waals surface area contributed by atoms with Gasteiger partial charge in [0.25, 0.3) is 0 Å². The van der Waals surface area contributed by atoms with E-state index in [1.807, 2.05) is 25.1 Å². The standard InChI is InChI=1S/C17H16FNO2/c1-12-3-8-17(21-2)15(11-12)19-10-9-16(20)13-4-6-14(18)7-5-13/h3-11,19H,1-2H3/b10-9+. The highest BCUT2D eigenvalue weighted by Gasteiger charge is 2.03. The van der Waals surface area contributed by atoms with Crippen LogP contribution in [-0.4, -0.2) is 12.9 Å². The van der Waals surface area contributed by atoms with Crippen LogP contribution in [0.1, 0.15) is 15.9 Å². The molecule has 0 saturated heterocycles. The van der Waals surface area contributed by atoms with Crippen molar-refractivity contribution in [1.82, 2.24) is 0 Å². The molecule has 0 atom stereocenters. The van der Waals surface area contributed by atoms with Crippen molar-refractivity contribution in [2.75, 3.05) is 12.4 Å². The summed E-state index contributed by atoms with van der Waals surface area (Å²) in [7, 11) is 1.59. The lowest BCUT2D eigenvalue weighted by Crippen LogP contribution is -1.98. The zero-order chi connectivity index (χ0) is 15.2. The maximum atomic E-state index is 12.8. The van der Waals surface area contributed by atoms with Gasteiger partial charge in [0.2, 0.25) is 0 Å². The van der Waals surface area contributed by atoms with Crippen molar-refractivity contribution in [3.05, 3.63) is 71.7 Å². The van der Waals surface area contributed by atoms with E-state index in [9.17, 15) is 9.18 Å². The van der Waals surface area contributed by atoms with E-state index in [1.165, 1.54) is 30.3 Å². The predicted molar refractivity (Wildman–Crippen MR) is 81.2 cm³/mol. The molecule has 0 unspecified atom stereocenters. The first-order valence-electron chi connectivity index (χ1n) is 6.48. The largest absolute Gasteiger partial charge is 0.495 e. The van der Waals surface area contributed by atoms with Crippen LogP contribution in [0, 0.1) is 12.7 Å². The second kappa shape index (κ2) is 6.70. The number of benzene rings is 2. The summed E-state index contributed by atoms with van der Waals surface area (Å²) in [5.74, 6) is 0.131. The Balaban J connectivity index is 2.07. The van der Waals surface area contributed by atoms with E-state index in [2.05, 4.69) is 5.32 Å². The number of allylic oxidation sites excluding steroid dienone is 1. The molecule has 0 fully saturated rings. The van der Waals surface area contributed by atoms with Crippen LogP contribution in [0.2, 0.25) is 0 Å². The quantitative estimate of drug-likeness (QED) is 0.667. The van der Waals surface area contributed by atoms with Gasteiger partial charge in [-0.3, -0.25) is 4.79 Å². The number of hydrogen-bond acceptors (Lipinski definition) is 3. The first-order valence-corrected chi connectivity index (χ1v) is 6.48. The maximum Gasteiger partial charge on any atom is 0.187 e. The summed E-state index contributed by atoms with van der Waals surface area (Å²) in [5.41, 5.74) is 2.29. The minimum Gasteiger partial charge on any atom is -0.495 e. The minimum absolute atomic E-state index is 0.200. The van der Waals surface area contributed by atoms with Crippen LogP contribution in [0.5, 0.6) is 5.75 Å². The van der Waals surface area contributed by atoms with Crippen LogP contribution in [0.4, 0.5) is 10.1 Å². The number of carbonyl (C=O) groups excluding carboxylic acids is 1. The fraction of sp³-hybridized carbons (Fsp3) is 0.118. The number of hydrogen-bond donors (Lipinski definition) is 1. The zero-order valence-electron chi connectivity index (χ0n) is 11.9. The molecule has 3 nitrogen and oxygen atoms in total. The molecule has 1 N–H and O–H groups in total. The van der Waals surface area contributed by atoms with Gasteiger partial charge in [-0.05, 0) is 48.9 Å². The van der Waals surface area contributed by atoms with Gasteiger partial charge >= 0.3 is 0 Å². The topological polar surface area (TPSA) is 38.3 Å². The van der Waals surface area contributed by atoms with E-state index < -0.39 is 0 Å². The predicted octanol–water partition coefficient (Wildman–Crippen LogP) is 3.95. The third-order valence-electron chi connectivity index (χ3n) is 2.96. The molecule has 2 rings (SSSR count). The summed E-state index contributed by atoms with van der Waals surface area (Å²) in [6.07, 6.45) is 2.94. The van der Waals surface area contributed by atoms with Crippen molar-refractivity contribution in [2.24, 2.45) is 0 Å². The van der Waals surface area contributed by atoms with Gasteiger partial charge in [0.05, 0.1) is 12.8 Å². The normalized spacial score (nSPS) is 10.6. The Hall–Kier alpha value is -2.62. The van der Waals surface area contributed by atoms with Crippen LogP contribution in [0.25, 0.3) is 0 Å². The molecule has 2 aromatic rings. The van der Waals surface area contributed by atoms with E-state index >= 15 is 0 Å². The lowest BCUT2D eigenvalue weighted by molar-refractivity contribution is 0.104. The van der Waals surface area contributed by atoms with Gasteiger partial charge in [0.15, 0.2) is 5.78 Å². The molecule has 4 heteroatoms.